The molecule has 86 valence electrons. The van der Waals surface area contributed by atoms with Crippen LogP contribution in [0.15, 0.2) is 29.8 Å². The molecule has 1 aromatic carbocycles. The summed E-state index contributed by atoms with van der Waals surface area (Å²) < 4.78 is 0. The predicted molar refractivity (Wildman–Crippen MR) is 66.1 cm³/mol. The lowest BCUT2D eigenvalue weighted by Gasteiger charge is -2.05. The van der Waals surface area contributed by atoms with E-state index in [2.05, 4.69) is 5.32 Å². The van der Waals surface area contributed by atoms with E-state index in [1.165, 1.54) is 0 Å². The summed E-state index contributed by atoms with van der Waals surface area (Å²) in [4.78, 5) is 10.5. The monoisotopic (exact) mass is 239 g/mol. The van der Waals surface area contributed by atoms with Crippen molar-refractivity contribution in [1.82, 2.24) is 0 Å². The Morgan fingerprint density at radius 2 is 2.25 bits per heavy atom. The van der Waals surface area contributed by atoms with Crippen molar-refractivity contribution < 1.29 is 9.90 Å². The highest BCUT2D eigenvalue weighted by atomic mass is 35.5. The molecule has 0 aliphatic rings. The fourth-order valence-corrected chi connectivity index (χ4v) is 1.29. The zero-order valence-electron chi connectivity index (χ0n) is 9.25. The molecule has 1 aromatic rings. The summed E-state index contributed by atoms with van der Waals surface area (Å²) >= 11 is 5.96. The third-order valence-corrected chi connectivity index (χ3v) is 2.63. The quantitative estimate of drug-likeness (QED) is 0.794. The van der Waals surface area contributed by atoms with Crippen LogP contribution >= 0.6 is 11.6 Å². The normalized spacial score (nSPS) is 11.3. The molecule has 0 saturated carbocycles. The molecule has 0 unspecified atom stereocenters. The molecule has 0 atom stereocenters. The standard InChI is InChI=1S/C12H14ClNO2/c1-8-3-4-10(7-11(8)13)14-6-5-9(2)12(15)16/h3-5,7,14H,6H2,1-2H3,(H,15,16)/b9-5-. The lowest BCUT2D eigenvalue weighted by Crippen LogP contribution is -2.03. The minimum Gasteiger partial charge on any atom is -0.478 e. The fraction of sp³-hybridized carbons (Fsp3) is 0.250. The van der Waals surface area contributed by atoms with Crippen molar-refractivity contribution in [3.63, 3.8) is 0 Å². The number of hydrogen-bond donors (Lipinski definition) is 2. The third-order valence-electron chi connectivity index (χ3n) is 2.22. The van der Waals surface area contributed by atoms with Gasteiger partial charge >= 0.3 is 5.97 Å². The molecule has 0 heterocycles. The molecule has 2 N–H and O–H groups in total. The SMILES string of the molecule is C/C(=C/CNc1ccc(C)c(Cl)c1)C(=O)O. The first-order valence-corrected chi connectivity index (χ1v) is 5.28. The zero-order valence-corrected chi connectivity index (χ0v) is 10.0. The van der Waals surface area contributed by atoms with Crippen molar-refractivity contribution in [2.45, 2.75) is 13.8 Å². The summed E-state index contributed by atoms with van der Waals surface area (Å²) in [5, 5.41) is 12.4. The van der Waals surface area contributed by atoms with Gasteiger partial charge in [-0.2, -0.15) is 0 Å². The Labute approximate surface area is 99.7 Å². The summed E-state index contributed by atoms with van der Waals surface area (Å²) in [5.41, 5.74) is 2.22. The van der Waals surface area contributed by atoms with Crippen LogP contribution in [0, 0.1) is 6.92 Å². The molecule has 0 spiro atoms. The number of benzene rings is 1. The molecule has 1 rings (SSSR count). The first kappa shape index (κ1) is 12.6. The Balaban J connectivity index is 2.59. The Bertz CT molecular complexity index is 427. The molecule has 0 aromatic heterocycles. The summed E-state index contributed by atoms with van der Waals surface area (Å²) in [5.74, 6) is -0.899. The van der Waals surface area contributed by atoms with E-state index in [1.54, 1.807) is 13.0 Å². The van der Waals surface area contributed by atoms with Gasteiger partial charge in [0.1, 0.15) is 0 Å². The fourth-order valence-electron chi connectivity index (χ4n) is 1.11. The minimum absolute atomic E-state index is 0.325. The molecule has 16 heavy (non-hydrogen) atoms. The lowest BCUT2D eigenvalue weighted by molar-refractivity contribution is -0.132. The predicted octanol–water partition coefficient (Wildman–Crippen LogP) is 3.09. The average molecular weight is 240 g/mol. The number of carbonyl (C=O) groups is 1. The van der Waals surface area contributed by atoms with Crippen LogP contribution in [0.25, 0.3) is 0 Å². The number of nitrogens with one attached hydrogen (secondary N) is 1. The van der Waals surface area contributed by atoms with E-state index in [-0.39, 0.29) is 0 Å². The van der Waals surface area contributed by atoms with E-state index in [0.29, 0.717) is 17.1 Å². The number of aliphatic carboxylic acids is 1. The van der Waals surface area contributed by atoms with Gasteiger partial charge in [0, 0.05) is 22.8 Å². The van der Waals surface area contributed by atoms with Crippen LogP contribution in [0.3, 0.4) is 0 Å². The first-order chi connectivity index (χ1) is 7.50. The number of aryl methyl sites for hydroxylation is 1. The maximum Gasteiger partial charge on any atom is 0.331 e. The lowest BCUT2D eigenvalue weighted by atomic mass is 10.2. The second-order valence-electron chi connectivity index (χ2n) is 3.54. The topological polar surface area (TPSA) is 49.3 Å². The van der Waals surface area contributed by atoms with E-state index in [9.17, 15) is 4.79 Å². The Morgan fingerprint density at radius 3 is 2.81 bits per heavy atom. The Kier molecular flexibility index (Phi) is 4.38. The molecule has 0 radical (unpaired) electrons. The summed E-state index contributed by atoms with van der Waals surface area (Å²) in [6.07, 6.45) is 1.62. The number of carboxylic acid groups (broad SMARTS) is 1. The van der Waals surface area contributed by atoms with Gasteiger partial charge in [-0.25, -0.2) is 4.79 Å². The van der Waals surface area contributed by atoms with Crippen LogP contribution in [0.5, 0.6) is 0 Å². The largest absolute Gasteiger partial charge is 0.478 e. The second-order valence-corrected chi connectivity index (χ2v) is 3.94. The van der Waals surface area contributed by atoms with Crippen molar-refractivity contribution in [2.24, 2.45) is 0 Å². The maximum atomic E-state index is 10.5. The maximum absolute atomic E-state index is 10.5. The number of hydrogen-bond acceptors (Lipinski definition) is 2. The molecule has 0 aliphatic carbocycles. The second kappa shape index (κ2) is 5.56. The van der Waals surface area contributed by atoms with Gasteiger partial charge in [-0.15, -0.1) is 0 Å². The molecule has 3 nitrogen and oxygen atoms in total. The highest BCUT2D eigenvalue weighted by molar-refractivity contribution is 6.31. The van der Waals surface area contributed by atoms with Crippen LogP contribution in [0.1, 0.15) is 12.5 Å². The van der Waals surface area contributed by atoms with Crippen LogP contribution in [0.2, 0.25) is 5.02 Å². The van der Waals surface area contributed by atoms with Gasteiger partial charge < -0.3 is 10.4 Å². The molecular weight excluding hydrogens is 226 g/mol. The number of anilines is 1. The zero-order chi connectivity index (χ0) is 12.1. The van der Waals surface area contributed by atoms with Crippen LogP contribution < -0.4 is 5.32 Å². The van der Waals surface area contributed by atoms with Crippen molar-refractivity contribution in [3.05, 3.63) is 40.4 Å². The molecule has 0 bridgehead atoms. The highest BCUT2D eigenvalue weighted by Gasteiger charge is 1.99. The minimum atomic E-state index is -0.899. The summed E-state index contributed by atoms with van der Waals surface area (Å²) in [6, 6.07) is 5.64. The smallest absolute Gasteiger partial charge is 0.331 e. The van der Waals surface area contributed by atoms with Gasteiger partial charge in [0.25, 0.3) is 0 Å². The number of halogens is 1. The Hall–Kier alpha value is -1.48. The number of rotatable bonds is 4. The third kappa shape index (κ3) is 3.59. The van der Waals surface area contributed by atoms with E-state index in [1.807, 2.05) is 25.1 Å². The number of carboxylic acids is 1. The van der Waals surface area contributed by atoms with Gasteiger partial charge in [-0.05, 0) is 31.5 Å². The molecular formula is C12H14ClNO2. The van der Waals surface area contributed by atoms with Crippen molar-refractivity contribution in [3.8, 4) is 0 Å². The van der Waals surface area contributed by atoms with Gasteiger partial charge in [0.05, 0.1) is 0 Å². The van der Waals surface area contributed by atoms with Crippen molar-refractivity contribution in [1.29, 1.82) is 0 Å². The Morgan fingerprint density at radius 1 is 1.56 bits per heavy atom. The molecule has 4 heteroatoms. The van der Waals surface area contributed by atoms with E-state index < -0.39 is 5.97 Å². The molecule has 0 fully saturated rings. The van der Waals surface area contributed by atoms with Gasteiger partial charge in [-0.3, -0.25) is 0 Å². The van der Waals surface area contributed by atoms with E-state index >= 15 is 0 Å². The van der Waals surface area contributed by atoms with Crippen LogP contribution in [0.4, 0.5) is 5.69 Å². The summed E-state index contributed by atoms with van der Waals surface area (Å²) in [7, 11) is 0. The van der Waals surface area contributed by atoms with Gasteiger partial charge in [0.2, 0.25) is 0 Å². The molecule has 0 aliphatic heterocycles. The van der Waals surface area contributed by atoms with E-state index in [4.69, 9.17) is 16.7 Å². The average Bonchev–Trinajstić information content (AvgIpc) is 2.23. The summed E-state index contributed by atoms with van der Waals surface area (Å²) in [6.45, 7) is 3.96. The molecule has 0 saturated heterocycles. The van der Waals surface area contributed by atoms with Gasteiger partial charge in [0.15, 0.2) is 0 Å². The first-order valence-electron chi connectivity index (χ1n) is 4.91. The van der Waals surface area contributed by atoms with E-state index in [0.717, 1.165) is 11.3 Å². The molecule has 0 amide bonds. The van der Waals surface area contributed by atoms with Crippen LogP contribution in [-0.4, -0.2) is 17.6 Å². The highest BCUT2D eigenvalue weighted by Crippen LogP contribution is 2.19. The van der Waals surface area contributed by atoms with Crippen molar-refractivity contribution >= 4 is 23.3 Å². The van der Waals surface area contributed by atoms with Crippen molar-refractivity contribution in [2.75, 3.05) is 11.9 Å². The van der Waals surface area contributed by atoms with Gasteiger partial charge in [-0.1, -0.05) is 23.7 Å². The van der Waals surface area contributed by atoms with Crippen LogP contribution in [-0.2, 0) is 4.79 Å².